The van der Waals surface area contributed by atoms with Gasteiger partial charge in [0, 0.05) is 4.47 Å². The molecule has 0 N–H and O–H groups in total. The molecule has 0 atom stereocenters. The zero-order valence-electron chi connectivity index (χ0n) is 9.09. The van der Waals surface area contributed by atoms with Crippen molar-refractivity contribution in [2.24, 2.45) is 5.92 Å². The van der Waals surface area contributed by atoms with E-state index in [1.165, 1.54) is 6.07 Å². The van der Waals surface area contributed by atoms with Crippen molar-refractivity contribution in [3.63, 3.8) is 0 Å². The maximum absolute atomic E-state index is 13.3. The highest BCUT2D eigenvalue weighted by Crippen LogP contribution is 2.23. The molecule has 0 aliphatic heterocycles. The van der Waals surface area contributed by atoms with Crippen LogP contribution >= 0.6 is 15.9 Å². The molecule has 0 aromatic heterocycles. The number of benzene rings is 1. The summed E-state index contributed by atoms with van der Waals surface area (Å²) in [6, 6.07) is 4.74. The second-order valence-corrected chi connectivity index (χ2v) is 4.48. The van der Waals surface area contributed by atoms with Gasteiger partial charge in [-0.3, -0.25) is 0 Å². The van der Waals surface area contributed by atoms with E-state index in [0.717, 1.165) is 17.3 Å². The smallest absolute Gasteiger partial charge is 0.165 e. The quantitative estimate of drug-likeness (QED) is 0.773. The second-order valence-electron chi connectivity index (χ2n) is 3.57. The third-order valence-electron chi connectivity index (χ3n) is 2.52. The van der Waals surface area contributed by atoms with E-state index in [4.69, 9.17) is 4.74 Å². The molecule has 0 fully saturated rings. The number of hydrogen-bond acceptors (Lipinski definition) is 1. The van der Waals surface area contributed by atoms with Crippen molar-refractivity contribution in [2.45, 2.75) is 26.7 Å². The molecular weight excluding hydrogens is 259 g/mol. The highest BCUT2D eigenvalue weighted by atomic mass is 79.9. The van der Waals surface area contributed by atoms with Gasteiger partial charge in [0.25, 0.3) is 0 Å². The van der Waals surface area contributed by atoms with Crippen LogP contribution < -0.4 is 4.74 Å². The van der Waals surface area contributed by atoms with Crippen molar-refractivity contribution in [3.8, 4) is 5.75 Å². The molecule has 0 saturated carbocycles. The molecule has 0 saturated heterocycles. The fraction of sp³-hybridized carbons (Fsp3) is 0.500. The third-order valence-corrected chi connectivity index (χ3v) is 3.02. The van der Waals surface area contributed by atoms with Gasteiger partial charge in [-0.25, -0.2) is 4.39 Å². The minimum Gasteiger partial charge on any atom is -0.490 e. The van der Waals surface area contributed by atoms with Gasteiger partial charge in [-0.1, -0.05) is 42.6 Å². The van der Waals surface area contributed by atoms with Gasteiger partial charge in [-0.15, -0.1) is 0 Å². The molecule has 0 bridgehead atoms. The minimum atomic E-state index is -0.302. The molecule has 84 valence electrons. The summed E-state index contributed by atoms with van der Waals surface area (Å²) >= 11 is 3.29. The first-order chi connectivity index (χ1) is 7.17. The van der Waals surface area contributed by atoms with E-state index in [2.05, 4.69) is 29.8 Å². The van der Waals surface area contributed by atoms with Gasteiger partial charge in [0.1, 0.15) is 0 Å². The summed E-state index contributed by atoms with van der Waals surface area (Å²) in [6.45, 7) is 4.82. The van der Waals surface area contributed by atoms with E-state index < -0.39 is 0 Å². The number of halogens is 2. The molecule has 0 aliphatic rings. The van der Waals surface area contributed by atoms with Crippen LogP contribution in [0.2, 0.25) is 0 Å². The van der Waals surface area contributed by atoms with Crippen LogP contribution in [0.25, 0.3) is 0 Å². The summed E-state index contributed by atoms with van der Waals surface area (Å²) in [6.07, 6.45) is 2.12. The van der Waals surface area contributed by atoms with Crippen molar-refractivity contribution in [3.05, 3.63) is 28.5 Å². The van der Waals surface area contributed by atoms with E-state index >= 15 is 0 Å². The number of rotatable bonds is 5. The number of ether oxygens (including phenoxy) is 1. The SMILES string of the molecule is CCC(CC)COc1cc(Br)ccc1F. The average molecular weight is 275 g/mol. The van der Waals surface area contributed by atoms with Crippen LogP contribution in [-0.2, 0) is 0 Å². The van der Waals surface area contributed by atoms with Gasteiger partial charge in [-0.2, -0.15) is 0 Å². The van der Waals surface area contributed by atoms with Crippen LogP contribution in [0.5, 0.6) is 5.75 Å². The van der Waals surface area contributed by atoms with Crippen LogP contribution in [0.15, 0.2) is 22.7 Å². The Morgan fingerprint density at radius 2 is 2.00 bits per heavy atom. The highest BCUT2D eigenvalue weighted by Gasteiger charge is 2.08. The normalized spacial score (nSPS) is 10.7. The predicted molar refractivity (Wildman–Crippen MR) is 63.7 cm³/mol. The summed E-state index contributed by atoms with van der Waals surface area (Å²) in [5.74, 6) is 0.531. The van der Waals surface area contributed by atoms with E-state index in [1.54, 1.807) is 12.1 Å². The van der Waals surface area contributed by atoms with E-state index in [1.807, 2.05) is 0 Å². The van der Waals surface area contributed by atoms with Gasteiger partial charge in [-0.05, 0) is 24.1 Å². The molecule has 0 radical (unpaired) electrons. The first kappa shape index (κ1) is 12.5. The monoisotopic (exact) mass is 274 g/mol. The largest absolute Gasteiger partial charge is 0.490 e. The van der Waals surface area contributed by atoms with Gasteiger partial charge in [0.2, 0.25) is 0 Å². The summed E-state index contributed by atoms with van der Waals surface area (Å²) in [7, 11) is 0. The van der Waals surface area contributed by atoms with Gasteiger partial charge >= 0.3 is 0 Å². The lowest BCUT2D eigenvalue weighted by atomic mass is 10.1. The van der Waals surface area contributed by atoms with Gasteiger partial charge in [0.15, 0.2) is 11.6 Å². The summed E-state index contributed by atoms with van der Waals surface area (Å²) < 4.78 is 19.6. The first-order valence-electron chi connectivity index (χ1n) is 5.25. The molecule has 1 aromatic carbocycles. The Hall–Kier alpha value is -0.570. The van der Waals surface area contributed by atoms with Crippen molar-refractivity contribution in [1.82, 2.24) is 0 Å². The minimum absolute atomic E-state index is 0.302. The van der Waals surface area contributed by atoms with Crippen LogP contribution in [0.1, 0.15) is 26.7 Å². The highest BCUT2D eigenvalue weighted by molar-refractivity contribution is 9.10. The molecule has 0 heterocycles. The third kappa shape index (κ3) is 3.82. The van der Waals surface area contributed by atoms with E-state index in [9.17, 15) is 4.39 Å². The Balaban J connectivity index is 2.60. The Bertz CT molecular complexity index is 310. The average Bonchev–Trinajstić information content (AvgIpc) is 2.24. The topological polar surface area (TPSA) is 9.23 Å². The maximum Gasteiger partial charge on any atom is 0.165 e. The molecule has 0 aliphatic carbocycles. The Labute approximate surface area is 98.8 Å². The molecule has 15 heavy (non-hydrogen) atoms. The van der Waals surface area contributed by atoms with E-state index in [-0.39, 0.29) is 5.82 Å². The standard InChI is InChI=1S/C12H16BrFO/c1-3-9(4-2)8-15-12-7-10(13)5-6-11(12)14/h5-7,9H,3-4,8H2,1-2H3. The molecule has 0 unspecified atom stereocenters. The Kier molecular flexibility index (Phi) is 5.09. The molecule has 3 heteroatoms. The molecule has 0 amide bonds. The lowest BCUT2D eigenvalue weighted by Crippen LogP contribution is -2.10. The van der Waals surface area contributed by atoms with Crippen molar-refractivity contribution >= 4 is 15.9 Å². The lowest BCUT2D eigenvalue weighted by Gasteiger charge is -2.14. The second kappa shape index (κ2) is 6.11. The Morgan fingerprint density at radius 1 is 1.33 bits per heavy atom. The van der Waals surface area contributed by atoms with Crippen molar-refractivity contribution in [2.75, 3.05) is 6.61 Å². The molecule has 0 spiro atoms. The summed E-state index contributed by atoms with van der Waals surface area (Å²) in [4.78, 5) is 0. The zero-order valence-corrected chi connectivity index (χ0v) is 10.7. The van der Waals surface area contributed by atoms with Gasteiger partial charge < -0.3 is 4.74 Å². The maximum atomic E-state index is 13.3. The van der Waals surface area contributed by atoms with E-state index in [0.29, 0.717) is 18.3 Å². The van der Waals surface area contributed by atoms with Crippen molar-refractivity contribution in [1.29, 1.82) is 0 Å². The summed E-state index contributed by atoms with van der Waals surface area (Å²) in [5, 5.41) is 0. The molecule has 1 rings (SSSR count). The van der Waals surface area contributed by atoms with Gasteiger partial charge in [0.05, 0.1) is 6.61 Å². The molecular formula is C12H16BrFO. The number of hydrogen-bond donors (Lipinski definition) is 0. The van der Waals surface area contributed by atoms with Crippen LogP contribution in [-0.4, -0.2) is 6.61 Å². The zero-order chi connectivity index (χ0) is 11.3. The fourth-order valence-corrected chi connectivity index (χ4v) is 1.66. The fourth-order valence-electron chi connectivity index (χ4n) is 1.32. The predicted octanol–water partition coefficient (Wildman–Crippen LogP) is 4.40. The van der Waals surface area contributed by atoms with Crippen LogP contribution in [0.3, 0.4) is 0 Å². The lowest BCUT2D eigenvalue weighted by molar-refractivity contribution is 0.231. The van der Waals surface area contributed by atoms with Crippen LogP contribution in [0.4, 0.5) is 4.39 Å². The summed E-state index contributed by atoms with van der Waals surface area (Å²) in [5.41, 5.74) is 0. The molecule has 1 nitrogen and oxygen atoms in total. The van der Waals surface area contributed by atoms with Crippen LogP contribution in [0, 0.1) is 11.7 Å². The van der Waals surface area contributed by atoms with Crippen molar-refractivity contribution < 1.29 is 9.13 Å². The first-order valence-corrected chi connectivity index (χ1v) is 6.04. The molecule has 1 aromatic rings. The Morgan fingerprint density at radius 3 is 2.60 bits per heavy atom.